The lowest BCUT2D eigenvalue weighted by atomic mass is 9.99. The largest absolute Gasteiger partial charge is 0.348 e. The van der Waals surface area contributed by atoms with Crippen LogP contribution in [0.2, 0.25) is 0 Å². The van der Waals surface area contributed by atoms with Crippen molar-refractivity contribution in [3.63, 3.8) is 0 Å². The number of aryl methyl sites for hydroxylation is 3. The van der Waals surface area contributed by atoms with Crippen LogP contribution in [0.25, 0.3) is 22.0 Å². The van der Waals surface area contributed by atoms with Crippen molar-refractivity contribution in [3.05, 3.63) is 130 Å². The molecule has 0 atom stereocenters. The predicted octanol–water partition coefficient (Wildman–Crippen LogP) is 7.77. The number of carbonyl (C=O) groups excluding carboxylic acids is 1. The minimum Gasteiger partial charge on any atom is -0.348 e. The fourth-order valence-corrected chi connectivity index (χ4v) is 5.04. The Morgan fingerprint density at radius 3 is 2.16 bits per heavy atom. The maximum absolute atomic E-state index is 12.9. The summed E-state index contributed by atoms with van der Waals surface area (Å²) in [4.78, 5) is 12.9. The van der Waals surface area contributed by atoms with E-state index >= 15 is 0 Å². The monoisotopic (exact) mass is 486 g/mol. The number of carbonyl (C=O) groups is 1. The minimum absolute atomic E-state index is 0.0435. The van der Waals surface area contributed by atoms with Crippen molar-refractivity contribution >= 4 is 16.8 Å². The molecule has 1 N–H and O–H groups in total. The predicted molar refractivity (Wildman–Crippen MR) is 154 cm³/mol. The summed E-state index contributed by atoms with van der Waals surface area (Å²) in [5, 5.41) is 4.21. The van der Waals surface area contributed by atoms with Crippen LogP contribution in [0.3, 0.4) is 0 Å². The highest BCUT2D eigenvalue weighted by Gasteiger charge is 2.14. The lowest BCUT2D eigenvalue weighted by Gasteiger charge is -2.11. The van der Waals surface area contributed by atoms with Crippen molar-refractivity contribution in [1.29, 1.82) is 0 Å². The van der Waals surface area contributed by atoms with Crippen molar-refractivity contribution in [3.8, 4) is 11.1 Å². The van der Waals surface area contributed by atoms with E-state index in [-0.39, 0.29) is 5.91 Å². The molecule has 5 aromatic rings. The number of hydrogen-bond acceptors (Lipinski definition) is 1. The van der Waals surface area contributed by atoms with Crippen LogP contribution in [0.15, 0.2) is 91.0 Å². The molecule has 0 aliphatic carbocycles. The summed E-state index contributed by atoms with van der Waals surface area (Å²) in [6.07, 6.45) is 1.02. The number of amides is 1. The average molecular weight is 487 g/mol. The molecule has 0 radical (unpaired) electrons. The van der Waals surface area contributed by atoms with E-state index in [9.17, 15) is 4.79 Å². The fraction of sp³-hybridized carbons (Fsp3) is 0.206. The molecule has 3 heteroatoms. The summed E-state index contributed by atoms with van der Waals surface area (Å²) in [6, 6.07) is 31.8. The number of nitrogens with one attached hydrogen (secondary N) is 1. The first kappa shape index (κ1) is 24.6. The van der Waals surface area contributed by atoms with E-state index in [0.29, 0.717) is 12.1 Å². The maximum atomic E-state index is 12.9. The van der Waals surface area contributed by atoms with Gasteiger partial charge < -0.3 is 9.88 Å². The minimum atomic E-state index is -0.0435. The van der Waals surface area contributed by atoms with Gasteiger partial charge in [0.1, 0.15) is 0 Å². The highest BCUT2D eigenvalue weighted by molar-refractivity contribution is 5.99. The van der Waals surface area contributed by atoms with Gasteiger partial charge in [-0.25, -0.2) is 0 Å². The van der Waals surface area contributed by atoms with Gasteiger partial charge >= 0.3 is 0 Å². The number of nitrogens with zero attached hydrogens (tertiary/aromatic N) is 1. The molecule has 186 valence electrons. The van der Waals surface area contributed by atoms with Gasteiger partial charge in [-0.15, -0.1) is 0 Å². The van der Waals surface area contributed by atoms with Crippen molar-refractivity contribution in [2.75, 3.05) is 0 Å². The van der Waals surface area contributed by atoms with Crippen LogP contribution < -0.4 is 5.32 Å². The van der Waals surface area contributed by atoms with Crippen molar-refractivity contribution in [1.82, 2.24) is 9.88 Å². The number of rotatable bonds is 7. The maximum Gasteiger partial charge on any atom is 0.251 e. The smallest absolute Gasteiger partial charge is 0.251 e. The van der Waals surface area contributed by atoms with E-state index in [0.717, 1.165) is 29.4 Å². The van der Waals surface area contributed by atoms with Crippen LogP contribution in [0.5, 0.6) is 0 Å². The molecule has 0 saturated carbocycles. The number of benzene rings is 4. The molecule has 0 fully saturated rings. The first-order valence-corrected chi connectivity index (χ1v) is 13.0. The summed E-state index contributed by atoms with van der Waals surface area (Å²) in [6.45, 7) is 9.93. The van der Waals surface area contributed by atoms with Crippen molar-refractivity contribution < 1.29 is 4.79 Å². The number of aromatic nitrogens is 1. The SMILES string of the molecule is CCc1ccc(CNC(=O)c2ccc3c(c2)c(C)c(C)n3Cc2ccc(-c3ccccc3C)cc2)cc1. The molecule has 0 unspecified atom stereocenters. The van der Waals surface area contributed by atoms with Gasteiger partial charge in [0, 0.05) is 35.2 Å². The molecule has 37 heavy (non-hydrogen) atoms. The molecule has 4 aromatic carbocycles. The molecule has 5 rings (SSSR count). The second-order valence-corrected chi connectivity index (χ2v) is 9.89. The van der Waals surface area contributed by atoms with E-state index in [2.05, 4.69) is 116 Å². The molecule has 0 aliphatic heterocycles. The van der Waals surface area contributed by atoms with Crippen LogP contribution in [-0.2, 0) is 19.5 Å². The Balaban J connectivity index is 1.34. The van der Waals surface area contributed by atoms with Crippen LogP contribution in [0, 0.1) is 20.8 Å². The van der Waals surface area contributed by atoms with Crippen LogP contribution >= 0.6 is 0 Å². The third kappa shape index (κ3) is 5.08. The molecule has 1 aromatic heterocycles. The average Bonchev–Trinajstić information content (AvgIpc) is 3.17. The van der Waals surface area contributed by atoms with Gasteiger partial charge in [0.15, 0.2) is 0 Å². The Morgan fingerprint density at radius 2 is 1.46 bits per heavy atom. The lowest BCUT2D eigenvalue weighted by molar-refractivity contribution is 0.0951. The topological polar surface area (TPSA) is 34.0 Å². The lowest BCUT2D eigenvalue weighted by Crippen LogP contribution is -2.22. The third-order valence-electron chi connectivity index (χ3n) is 7.54. The Kier molecular flexibility index (Phi) is 6.96. The van der Waals surface area contributed by atoms with E-state index in [4.69, 9.17) is 0 Å². The Morgan fingerprint density at radius 1 is 0.784 bits per heavy atom. The second kappa shape index (κ2) is 10.5. The van der Waals surface area contributed by atoms with Gasteiger partial charge in [0.2, 0.25) is 0 Å². The number of hydrogen-bond donors (Lipinski definition) is 1. The molecular formula is C34H34N2O. The van der Waals surface area contributed by atoms with E-state index < -0.39 is 0 Å². The van der Waals surface area contributed by atoms with Crippen LogP contribution in [0.4, 0.5) is 0 Å². The molecule has 1 heterocycles. The molecule has 1 amide bonds. The summed E-state index contributed by atoms with van der Waals surface area (Å²) in [7, 11) is 0. The zero-order chi connectivity index (χ0) is 25.9. The Hall–Kier alpha value is -4.11. The zero-order valence-corrected chi connectivity index (χ0v) is 22.1. The normalized spacial score (nSPS) is 11.1. The fourth-order valence-electron chi connectivity index (χ4n) is 5.04. The molecule has 3 nitrogen and oxygen atoms in total. The highest BCUT2D eigenvalue weighted by atomic mass is 16.1. The third-order valence-corrected chi connectivity index (χ3v) is 7.54. The molecular weight excluding hydrogens is 452 g/mol. The van der Waals surface area contributed by atoms with Crippen LogP contribution in [-0.4, -0.2) is 10.5 Å². The van der Waals surface area contributed by atoms with E-state index in [1.165, 1.54) is 39.1 Å². The number of fused-ring (bicyclic) bond motifs is 1. The van der Waals surface area contributed by atoms with Gasteiger partial charge in [0.05, 0.1) is 0 Å². The zero-order valence-electron chi connectivity index (χ0n) is 22.1. The Bertz CT molecular complexity index is 1560. The van der Waals surface area contributed by atoms with E-state index in [1.54, 1.807) is 0 Å². The van der Waals surface area contributed by atoms with Crippen LogP contribution in [0.1, 0.15) is 50.8 Å². The standard InChI is InChI=1S/C34H34N2O/c1-5-26-10-12-27(13-11-26)21-35-34(37)30-18-19-33-32(20-30)24(3)25(4)36(33)22-28-14-16-29(17-15-28)31-9-7-6-8-23(31)2/h6-20H,5,21-22H2,1-4H3,(H,35,37). The van der Waals surface area contributed by atoms with Gasteiger partial charge in [0.25, 0.3) is 5.91 Å². The summed E-state index contributed by atoms with van der Waals surface area (Å²) >= 11 is 0. The van der Waals surface area contributed by atoms with Gasteiger partial charge in [-0.3, -0.25) is 4.79 Å². The van der Waals surface area contributed by atoms with Gasteiger partial charge in [-0.2, -0.15) is 0 Å². The second-order valence-electron chi connectivity index (χ2n) is 9.89. The molecule has 0 bridgehead atoms. The molecule has 0 spiro atoms. The molecule has 0 aliphatic rings. The first-order valence-electron chi connectivity index (χ1n) is 13.0. The first-order chi connectivity index (χ1) is 17.9. The quantitative estimate of drug-likeness (QED) is 0.250. The summed E-state index contributed by atoms with van der Waals surface area (Å²) in [5.41, 5.74) is 11.8. The van der Waals surface area contributed by atoms with Crippen molar-refractivity contribution in [2.45, 2.75) is 47.2 Å². The van der Waals surface area contributed by atoms with Crippen molar-refractivity contribution in [2.24, 2.45) is 0 Å². The molecule has 0 saturated heterocycles. The van der Waals surface area contributed by atoms with Gasteiger partial charge in [-0.05, 0) is 84.3 Å². The van der Waals surface area contributed by atoms with E-state index in [1.807, 2.05) is 12.1 Å². The Labute approximate surface area is 219 Å². The summed E-state index contributed by atoms with van der Waals surface area (Å²) < 4.78 is 2.35. The van der Waals surface area contributed by atoms with Gasteiger partial charge in [-0.1, -0.05) is 79.7 Å². The summed E-state index contributed by atoms with van der Waals surface area (Å²) in [5.74, 6) is -0.0435. The highest BCUT2D eigenvalue weighted by Crippen LogP contribution is 2.28.